The molecule has 1 aliphatic rings. The molecule has 22 heavy (non-hydrogen) atoms. The fraction of sp³-hybridized carbons (Fsp3) is 0.357. The van der Waals surface area contributed by atoms with Crippen LogP contribution in [0.15, 0.2) is 18.2 Å². The number of anilines is 1. The van der Waals surface area contributed by atoms with E-state index < -0.39 is 23.3 Å². The van der Waals surface area contributed by atoms with Crippen LogP contribution in [-0.4, -0.2) is 41.6 Å². The highest BCUT2D eigenvalue weighted by molar-refractivity contribution is 6.31. The molecule has 0 bridgehead atoms. The Morgan fingerprint density at radius 1 is 1.45 bits per heavy atom. The Hall–Kier alpha value is -2.28. The van der Waals surface area contributed by atoms with Crippen LogP contribution in [0, 0.1) is 0 Å². The van der Waals surface area contributed by atoms with Gasteiger partial charge in [-0.2, -0.15) is 0 Å². The SMILES string of the molecule is CC(C)(NC(=O)CN1C(=O)COc2ccc(Cl)cc21)C(=O)O. The van der Waals surface area contributed by atoms with Gasteiger partial charge in [0.1, 0.15) is 17.8 Å². The van der Waals surface area contributed by atoms with E-state index in [9.17, 15) is 14.4 Å². The number of carbonyl (C=O) groups excluding carboxylic acids is 2. The first kappa shape index (κ1) is 16.1. The van der Waals surface area contributed by atoms with Crippen molar-refractivity contribution in [3.63, 3.8) is 0 Å². The molecule has 2 N–H and O–H groups in total. The van der Waals surface area contributed by atoms with E-state index in [1.807, 2.05) is 0 Å². The lowest BCUT2D eigenvalue weighted by Gasteiger charge is -2.30. The van der Waals surface area contributed by atoms with Crippen molar-refractivity contribution in [2.24, 2.45) is 0 Å². The number of nitrogens with one attached hydrogen (secondary N) is 1. The van der Waals surface area contributed by atoms with Crippen LogP contribution in [-0.2, 0) is 14.4 Å². The molecule has 2 rings (SSSR count). The maximum Gasteiger partial charge on any atom is 0.328 e. The van der Waals surface area contributed by atoms with Crippen LogP contribution in [0.2, 0.25) is 5.02 Å². The molecule has 0 fully saturated rings. The largest absolute Gasteiger partial charge is 0.482 e. The second-order valence-electron chi connectivity index (χ2n) is 5.36. The summed E-state index contributed by atoms with van der Waals surface area (Å²) in [6.07, 6.45) is 0. The molecule has 1 aromatic rings. The number of hydrogen-bond donors (Lipinski definition) is 2. The Morgan fingerprint density at radius 2 is 2.14 bits per heavy atom. The van der Waals surface area contributed by atoms with E-state index in [-0.39, 0.29) is 13.2 Å². The monoisotopic (exact) mass is 326 g/mol. The van der Waals surface area contributed by atoms with E-state index in [2.05, 4.69) is 5.32 Å². The second kappa shape index (κ2) is 5.84. The summed E-state index contributed by atoms with van der Waals surface area (Å²) in [6, 6.07) is 4.74. The van der Waals surface area contributed by atoms with Crippen LogP contribution in [0.5, 0.6) is 5.75 Å². The van der Waals surface area contributed by atoms with Gasteiger partial charge in [0.25, 0.3) is 5.91 Å². The minimum absolute atomic E-state index is 0.190. The normalized spacial score (nSPS) is 14.1. The van der Waals surface area contributed by atoms with Gasteiger partial charge in [-0.25, -0.2) is 4.79 Å². The summed E-state index contributed by atoms with van der Waals surface area (Å²) in [6.45, 7) is 2.22. The summed E-state index contributed by atoms with van der Waals surface area (Å²) in [5.74, 6) is -1.72. The van der Waals surface area contributed by atoms with Crippen molar-refractivity contribution in [1.82, 2.24) is 5.32 Å². The van der Waals surface area contributed by atoms with Crippen LogP contribution >= 0.6 is 11.6 Å². The fourth-order valence-electron chi connectivity index (χ4n) is 1.93. The molecule has 0 aromatic heterocycles. The molecule has 7 nitrogen and oxygen atoms in total. The van der Waals surface area contributed by atoms with Gasteiger partial charge in [-0.1, -0.05) is 11.6 Å². The van der Waals surface area contributed by atoms with Crippen molar-refractivity contribution in [2.75, 3.05) is 18.1 Å². The van der Waals surface area contributed by atoms with E-state index in [4.69, 9.17) is 21.4 Å². The maximum absolute atomic E-state index is 12.0. The van der Waals surface area contributed by atoms with Gasteiger partial charge in [-0.3, -0.25) is 14.5 Å². The first-order valence-corrected chi connectivity index (χ1v) is 6.85. The average Bonchev–Trinajstić information content (AvgIpc) is 2.41. The lowest BCUT2D eigenvalue weighted by molar-refractivity contribution is -0.145. The van der Waals surface area contributed by atoms with Gasteiger partial charge >= 0.3 is 5.97 Å². The van der Waals surface area contributed by atoms with Crippen molar-refractivity contribution >= 4 is 35.1 Å². The number of aliphatic carboxylic acids is 1. The molecule has 1 aromatic carbocycles. The van der Waals surface area contributed by atoms with Crippen molar-refractivity contribution in [3.05, 3.63) is 23.2 Å². The predicted octanol–water partition coefficient (Wildman–Crippen LogP) is 1.04. The quantitative estimate of drug-likeness (QED) is 0.862. The Morgan fingerprint density at radius 3 is 2.77 bits per heavy atom. The zero-order valence-electron chi connectivity index (χ0n) is 12.1. The number of amides is 2. The number of carboxylic acid groups (broad SMARTS) is 1. The molecule has 1 aliphatic heterocycles. The number of carbonyl (C=O) groups is 3. The third kappa shape index (κ3) is 3.30. The molecule has 0 saturated heterocycles. The average molecular weight is 327 g/mol. The minimum Gasteiger partial charge on any atom is -0.482 e. The molecule has 118 valence electrons. The fourth-order valence-corrected chi connectivity index (χ4v) is 2.10. The molecule has 1 heterocycles. The summed E-state index contributed by atoms with van der Waals surface area (Å²) < 4.78 is 5.27. The highest BCUT2D eigenvalue weighted by atomic mass is 35.5. The number of ether oxygens (including phenoxy) is 1. The van der Waals surface area contributed by atoms with E-state index in [0.29, 0.717) is 16.5 Å². The molecule has 2 amide bonds. The van der Waals surface area contributed by atoms with Crippen molar-refractivity contribution in [3.8, 4) is 5.75 Å². The summed E-state index contributed by atoms with van der Waals surface area (Å²) in [5.41, 5.74) is -1.05. The Bertz CT molecular complexity index is 644. The number of benzene rings is 1. The van der Waals surface area contributed by atoms with Gasteiger partial charge in [0.2, 0.25) is 5.91 Å². The first-order valence-electron chi connectivity index (χ1n) is 6.48. The van der Waals surface area contributed by atoms with Crippen LogP contribution in [0.3, 0.4) is 0 Å². The third-order valence-electron chi connectivity index (χ3n) is 3.15. The van der Waals surface area contributed by atoms with Crippen LogP contribution in [0.4, 0.5) is 5.69 Å². The molecule has 0 aliphatic carbocycles. The van der Waals surface area contributed by atoms with Gasteiger partial charge in [0.15, 0.2) is 6.61 Å². The molecule has 0 radical (unpaired) electrons. The lowest BCUT2D eigenvalue weighted by Crippen LogP contribution is -2.54. The molecule has 0 atom stereocenters. The summed E-state index contributed by atoms with van der Waals surface area (Å²) in [5, 5.41) is 11.8. The Labute approximate surface area is 131 Å². The Kier molecular flexibility index (Phi) is 4.27. The van der Waals surface area contributed by atoms with Crippen molar-refractivity contribution in [1.29, 1.82) is 0 Å². The molecular formula is C14H15ClN2O5. The summed E-state index contributed by atoms with van der Waals surface area (Å²) >= 11 is 5.90. The van der Waals surface area contributed by atoms with Crippen LogP contribution in [0.25, 0.3) is 0 Å². The molecule has 0 spiro atoms. The molecule has 0 saturated carbocycles. The molecule has 0 unspecified atom stereocenters. The van der Waals surface area contributed by atoms with Gasteiger partial charge in [0.05, 0.1) is 5.69 Å². The maximum atomic E-state index is 12.0. The van der Waals surface area contributed by atoms with E-state index >= 15 is 0 Å². The number of halogens is 1. The smallest absolute Gasteiger partial charge is 0.328 e. The standard InChI is InChI=1S/C14H15ClN2O5/c1-14(2,13(20)21)16-11(18)6-17-9-5-8(15)3-4-10(9)22-7-12(17)19/h3-5H,6-7H2,1-2H3,(H,16,18)(H,20,21). The van der Waals surface area contributed by atoms with Gasteiger partial charge in [0, 0.05) is 5.02 Å². The third-order valence-corrected chi connectivity index (χ3v) is 3.39. The summed E-state index contributed by atoms with van der Waals surface area (Å²) in [4.78, 5) is 36.2. The zero-order chi connectivity index (χ0) is 16.5. The highest BCUT2D eigenvalue weighted by Crippen LogP contribution is 2.34. The molecule has 8 heteroatoms. The zero-order valence-corrected chi connectivity index (χ0v) is 12.8. The molecular weight excluding hydrogens is 312 g/mol. The lowest BCUT2D eigenvalue weighted by atomic mass is 10.1. The number of rotatable bonds is 4. The number of nitrogens with zero attached hydrogens (tertiary/aromatic N) is 1. The van der Waals surface area contributed by atoms with Gasteiger partial charge in [-0.15, -0.1) is 0 Å². The van der Waals surface area contributed by atoms with Crippen LogP contribution in [0.1, 0.15) is 13.8 Å². The highest BCUT2D eigenvalue weighted by Gasteiger charge is 2.32. The number of fused-ring (bicyclic) bond motifs is 1. The topological polar surface area (TPSA) is 95.9 Å². The predicted molar refractivity (Wildman–Crippen MR) is 79.2 cm³/mol. The van der Waals surface area contributed by atoms with Gasteiger partial charge in [-0.05, 0) is 32.0 Å². The second-order valence-corrected chi connectivity index (χ2v) is 5.80. The van der Waals surface area contributed by atoms with E-state index in [1.54, 1.807) is 12.1 Å². The van der Waals surface area contributed by atoms with Crippen LogP contribution < -0.4 is 15.0 Å². The summed E-state index contributed by atoms with van der Waals surface area (Å²) in [7, 11) is 0. The minimum atomic E-state index is -1.43. The van der Waals surface area contributed by atoms with Crippen molar-refractivity contribution in [2.45, 2.75) is 19.4 Å². The Balaban J connectivity index is 2.19. The van der Waals surface area contributed by atoms with E-state index in [1.165, 1.54) is 24.8 Å². The number of hydrogen-bond acceptors (Lipinski definition) is 4. The van der Waals surface area contributed by atoms with Crippen molar-refractivity contribution < 1.29 is 24.2 Å². The number of carboxylic acids is 1. The first-order chi connectivity index (χ1) is 10.2. The van der Waals surface area contributed by atoms with E-state index in [0.717, 1.165) is 0 Å². The van der Waals surface area contributed by atoms with Gasteiger partial charge < -0.3 is 15.2 Å².